The first-order valence-corrected chi connectivity index (χ1v) is 9.08. The molecule has 18 heavy (non-hydrogen) atoms. The van der Waals surface area contributed by atoms with Gasteiger partial charge in [0.1, 0.15) is 0 Å². The molecule has 1 N–H and O–H groups in total. The Bertz CT molecular complexity index is 350. The summed E-state index contributed by atoms with van der Waals surface area (Å²) in [5, 5.41) is 3.38. The van der Waals surface area contributed by atoms with E-state index in [1.165, 1.54) is 12.8 Å². The number of hydrogen-bond donors (Lipinski definition) is 1. The fraction of sp³-hybridized carbons (Fsp3) is 1.00. The van der Waals surface area contributed by atoms with E-state index in [0.717, 1.165) is 44.9 Å². The first-order valence-electron chi connectivity index (χ1n) is 7.26. The lowest BCUT2D eigenvalue weighted by Crippen LogP contribution is -2.46. The third-order valence-electron chi connectivity index (χ3n) is 4.31. The Hall–Kier alpha value is -0.130. The summed E-state index contributed by atoms with van der Waals surface area (Å²) in [7, 11) is -2.78. The third kappa shape index (κ3) is 3.93. The highest BCUT2D eigenvalue weighted by atomic mass is 32.2. The molecule has 2 rings (SSSR count). The standard InChI is InChI=1S/C13H26N2O2S/c1-2-15(10-12-5-7-14-8-6-12)13-4-3-9-18(16,17)11-13/h12-14H,2-11H2,1H3. The van der Waals surface area contributed by atoms with Crippen LogP contribution in [-0.4, -0.2) is 57.0 Å². The average molecular weight is 274 g/mol. The summed E-state index contributed by atoms with van der Waals surface area (Å²) >= 11 is 0. The van der Waals surface area contributed by atoms with E-state index in [4.69, 9.17) is 0 Å². The molecule has 0 saturated carbocycles. The molecule has 2 aliphatic rings. The van der Waals surface area contributed by atoms with Crippen molar-refractivity contribution in [2.45, 2.75) is 38.6 Å². The summed E-state index contributed by atoms with van der Waals surface area (Å²) in [4.78, 5) is 2.41. The minimum atomic E-state index is -2.78. The fourth-order valence-electron chi connectivity index (χ4n) is 3.22. The van der Waals surface area contributed by atoms with Gasteiger partial charge in [-0.25, -0.2) is 8.42 Å². The summed E-state index contributed by atoms with van der Waals surface area (Å²) in [6.07, 6.45) is 4.36. The van der Waals surface area contributed by atoms with Crippen LogP contribution in [-0.2, 0) is 9.84 Å². The molecule has 2 saturated heterocycles. The van der Waals surface area contributed by atoms with E-state index in [1.54, 1.807) is 0 Å². The Morgan fingerprint density at radius 2 is 1.94 bits per heavy atom. The van der Waals surface area contributed by atoms with Crippen LogP contribution in [0.2, 0.25) is 0 Å². The van der Waals surface area contributed by atoms with Crippen molar-refractivity contribution < 1.29 is 8.42 Å². The maximum atomic E-state index is 11.7. The molecule has 0 radical (unpaired) electrons. The zero-order valence-corrected chi connectivity index (χ0v) is 12.2. The van der Waals surface area contributed by atoms with Gasteiger partial charge in [-0.1, -0.05) is 6.92 Å². The van der Waals surface area contributed by atoms with Crippen LogP contribution in [0.25, 0.3) is 0 Å². The molecule has 106 valence electrons. The maximum Gasteiger partial charge on any atom is 0.151 e. The molecule has 0 aromatic rings. The van der Waals surface area contributed by atoms with Gasteiger partial charge in [-0.2, -0.15) is 0 Å². The van der Waals surface area contributed by atoms with E-state index >= 15 is 0 Å². The first kappa shape index (κ1) is 14.3. The van der Waals surface area contributed by atoms with Crippen LogP contribution in [0, 0.1) is 5.92 Å². The van der Waals surface area contributed by atoms with E-state index in [9.17, 15) is 8.42 Å². The zero-order valence-electron chi connectivity index (χ0n) is 11.4. The third-order valence-corrected chi connectivity index (χ3v) is 6.12. The summed E-state index contributed by atoms with van der Waals surface area (Å²) in [5.41, 5.74) is 0. The van der Waals surface area contributed by atoms with Gasteiger partial charge in [0.25, 0.3) is 0 Å². The monoisotopic (exact) mass is 274 g/mol. The molecular formula is C13H26N2O2S. The Morgan fingerprint density at radius 3 is 2.56 bits per heavy atom. The molecule has 0 amide bonds. The van der Waals surface area contributed by atoms with Crippen LogP contribution in [0.4, 0.5) is 0 Å². The predicted octanol–water partition coefficient (Wildman–Crippen LogP) is 0.885. The van der Waals surface area contributed by atoms with Crippen LogP contribution in [0.1, 0.15) is 32.6 Å². The van der Waals surface area contributed by atoms with Crippen molar-refractivity contribution in [3.63, 3.8) is 0 Å². The van der Waals surface area contributed by atoms with Gasteiger partial charge < -0.3 is 5.32 Å². The predicted molar refractivity (Wildman–Crippen MR) is 74.5 cm³/mol. The maximum absolute atomic E-state index is 11.7. The fourth-order valence-corrected chi connectivity index (χ4v) is 4.96. The smallest absolute Gasteiger partial charge is 0.151 e. The Balaban J connectivity index is 1.90. The number of nitrogens with one attached hydrogen (secondary N) is 1. The van der Waals surface area contributed by atoms with Crippen molar-refractivity contribution in [2.24, 2.45) is 5.92 Å². The van der Waals surface area contributed by atoms with Gasteiger partial charge in [-0.05, 0) is 51.2 Å². The first-order chi connectivity index (χ1) is 8.61. The second kappa shape index (κ2) is 6.35. The molecule has 0 bridgehead atoms. The lowest BCUT2D eigenvalue weighted by molar-refractivity contribution is 0.160. The van der Waals surface area contributed by atoms with Crippen molar-refractivity contribution in [3.05, 3.63) is 0 Å². The summed E-state index contributed by atoms with van der Waals surface area (Å²) in [5.74, 6) is 1.52. The van der Waals surface area contributed by atoms with Gasteiger partial charge in [-0.15, -0.1) is 0 Å². The van der Waals surface area contributed by atoms with Crippen molar-refractivity contribution >= 4 is 9.84 Å². The van der Waals surface area contributed by atoms with E-state index < -0.39 is 9.84 Å². The molecule has 5 heteroatoms. The lowest BCUT2D eigenvalue weighted by atomic mass is 9.96. The van der Waals surface area contributed by atoms with Crippen LogP contribution in [0.15, 0.2) is 0 Å². The van der Waals surface area contributed by atoms with Gasteiger partial charge in [0.2, 0.25) is 0 Å². The molecule has 0 aliphatic carbocycles. The van der Waals surface area contributed by atoms with Crippen LogP contribution < -0.4 is 5.32 Å². The van der Waals surface area contributed by atoms with E-state index in [2.05, 4.69) is 17.1 Å². The number of hydrogen-bond acceptors (Lipinski definition) is 4. The molecular weight excluding hydrogens is 248 g/mol. The van der Waals surface area contributed by atoms with Gasteiger partial charge in [0.05, 0.1) is 11.5 Å². The highest BCUT2D eigenvalue weighted by Crippen LogP contribution is 2.21. The van der Waals surface area contributed by atoms with E-state index in [1.807, 2.05) is 0 Å². The molecule has 1 unspecified atom stereocenters. The molecule has 2 aliphatic heterocycles. The summed E-state index contributed by atoms with van der Waals surface area (Å²) < 4.78 is 23.5. The molecule has 4 nitrogen and oxygen atoms in total. The Morgan fingerprint density at radius 1 is 1.22 bits per heavy atom. The molecule has 1 atom stereocenters. The van der Waals surface area contributed by atoms with E-state index in [0.29, 0.717) is 11.5 Å². The summed E-state index contributed by atoms with van der Waals surface area (Å²) in [6.45, 7) is 6.45. The number of sulfone groups is 1. The zero-order chi connectivity index (χ0) is 13.0. The minimum absolute atomic E-state index is 0.267. The van der Waals surface area contributed by atoms with Gasteiger partial charge in [-0.3, -0.25) is 4.90 Å². The lowest BCUT2D eigenvalue weighted by Gasteiger charge is -2.36. The molecule has 0 aromatic carbocycles. The normalized spacial score (nSPS) is 29.6. The topological polar surface area (TPSA) is 49.4 Å². The molecule has 0 aromatic heterocycles. The molecule has 2 fully saturated rings. The quantitative estimate of drug-likeness (QED) is 0.827. The van der Waals surface area contributed by atoms with Crippen molar-refractivity contribution in [1.29, 1.82) is 0 Å². The van der Waals surface area contributed by atoms with Crippen LogP contribution in [0.3, 0.4) is 0 Å². The highest BCUT2D eigenvalue weighted by Gasteiger charge is 2.29. The van der Waals surface area contributed by atoms with Gasteiger partial charge in [0.15, 0.2) is 9.84 Å². The molecule has 2 heterocycles. The van der Waals surface area contributed by atoms with Crippen LogP contribution in [0.5, 0.6) is 0 Å². The van der Waals surface area contributed by atoms with Crippen molar-refractivity contribution in [2.75, 3.05) is 37.7 Å². The minimum Gasteiger partial charge on any atom is -0.317 e. The van der Waals surface area contributed by atoms with Crippen molar-refractivity contribution in [1.82, 2.24) is 10.2 Å². The highest BCUT2D eigenvalue weighted by molar-refractivity contribution is 7.91. The van der Waals surface area contributed by atoms with Gasteiger partial charge in [0, 0.05) is 12.6 Å². The Kier molecular flexibility index (Phi) is 5.04. The van der Waals surface area contributed by atoms with Crippen molar-refractivity contribution in [3.8, 4) is 0 Å². The van der Waals surface area contributed by atoms with Crippen LogP contribution >= 0.6 is 0 Å². The summed E-state index contributed by atoms with van der Waals surface area (Å²) in [6, 6.07) is 0.267. The number of rotatable bonds is 4. The second-order valence-electron chi connectivity index (χ2n) is 5.69. The largest absolute Gasteiger partial charge is 0.317 e. The SMILES string of the molecule is CCN(CC1CCNCC1)C1CCCS(=O)(=O)C1. The number of nitrogens with zero attached hydrogens (tertiary/aromatic N) is 1. The number of piperidine rings is 1. The van der Waals surface area contributed by atoms with Gasteiger partial charge >= 0.3 is 0 Å². The van der Waals surface area contributed by atoms with E-state index in [-0.39, 0.29) is 6.04 Å². The Labute approximate surface area is 111 Å². The second-order valence-corrected chi connectivity index (χ2v) is 7.92. The average Bonchev–Trinajstić information content (AvgIpc) is 2.36. The molecule has 0 spiro atoms.